The van der Waals surface area contributed by atoms with Crippen LogP contribution in [0.1, 0.15) is 17.4 Å². The highest BCUT2D eigenvalue weighted by atomic mass is 32.1. The van der Waals surface area contributed by atoms with E-state index in [-0.39, 0.29) is 24.3 Å². The van der Waals surface area contributed by atoms with Crippen LogP contribution in [0.3, 0.4) is 0 Å². The Balaban J connectivity index is 1.77. The van der Waals surface area contributed by atoms with Crippen LogP contribution in [0.25, 0.3) is 10.2 Å². The number of Topliss-reactive ketones (excluding diaryl/α,β-unsaturated/α-hetero) is 1. The van der Waals surface area contributed by atoms with Crippen molar-refractivity contribution in [1.29, 1.82) is 0 Å². The number of aryl methyl sites for hydroxylation is 1. The molecular formula is C18H18N2O3S. The fourth-order valence-corrected chi connectivity index (χ4v) is 3.44. The summed E-state index contributed by atoms with van der Waals surface area (Å²) in [5.41, 5.74) is 0.741. The van der Waals surface area contributed by atoms with Crippen LogP contribution in [0.15, 0.2) is 41.5 Å². The number of hydrogen-bond donors (Lipinski definition) is 0. The van der Waals surface area contributed by atoms with Crippen LogP contribution < -0.4 is 10.3 Å². The predicted octanol–water partition coefficient (Wildman–Crippen LogP) is 2.84. The molecule has 0 aliphatic heterocycles. The molecule has 1 aromatic carbocycles. The lowest BCUT2D eigenvalue weighted by Gasteiger charge is -2.05. The zero-order valence-corrected chi connectivity index (χ0v) is 14.4. The van der Waals surface area contributed by atoms with E-state index in [1.54, 1.807) is 7.11 Å². The fourth-order valence-electron chi connectivity index (χ4n) is 2.51. The highest BCUT2D eigenvalue weighted by Crippen LogP contribution is 2.21. The van der Waals surface area contributed by atoms with Crippen LogP contribution in [-0.2, 0) is 24.2 Å². The first-order chi connectivity index (χ1) is 11.6. The molecule has 0 bridgehead atoms. The Hall–Kier alpha value is -2.47. The lowest BCUT2D eigenvalue weighted by molar-refractivity contribution is -0.119. The van der Waals surface area contributed by atoms with Crippen molar-refractivity contribution in [2.75, 3.05) is 7.11 Å². The number of carbonyl (C=O) groups excluding carboxylic acids is 1. The molecule has 5 nitrogen and oxygen atoms in total. The van der Waals surface area contributed by atoms with Gasteiger partial charge < -0.3 is 4.74 Å². The van der Waals surface area contributed by atoms with Crippen molar-refractivity contribution in [3.05, 3.63) is 57.5 Å². The Morgan fingerprint density at radius 2 is 2.04 bits per heavy atom. The Labute approximate surface area is 143 Å². The summed E-state index contributed by atoms with van der Waals surface area (Å²) < 4.78 is 6.49. The minimum Gasteiger partial charge on any atom is -0.497 e. The molecule has 0 atom stereocenters. The third kappa shape index (κ3) is 3.38. The highest BCUT2D eigenvalue weighted by Gasteiger charge is 2.11. The van der Waals surface area contributed by atoms with Gasteiger partial charge in [0.2, 0.25) is 0 Å². The third-order valence-corrected chi connectivity index (χ3v) is 5.01. The van der Waals surface area contributed by atoms with Crippen LogP contribution in [0.2, 0.25) is 0 Å². The van der Waals surface area contributed by atoms with Gasteiger partial charge in [0.1, 0.15) is 10.6 Å². The molecule has 0 unspecified atom stereocenters. The molecule has 24 heavy (non-hydrogen) atoms. The van der Waals surface area contributed by atoms with E-state index in [2.05, 4.69) is 4.98 Å². The third-order valence-electron chi connectivity index (χ3n) is 3.82. The second-order valence-electron chi connectivity index (χ2n) is 5.53. The molecule has 0 aliphatic rings. The number of ketones is 1. The minimum atomic E-state index is -0.154. The molecule has 3 rings (SSSR count). The lowest BCUT2D eigenvalue weighted by Crippen LogP contribution is -2.25. The van der Waals surface area contributed by atoms with Gasteiger partial charge in [-0.2, -0.15) is 0 Å². The summed E-state index contributed by atoms with van der Waals surface area (Å²) >= 11 is 1.52. The first kappa shape index (κ1) is 16.4. The van der Waals surface area contributed by atoms with Crippen LogP contribution in [-0.4, -0.2) is 22.4 Å². The summed E-state index contributed by atoms with van der Waals surface area (Å²) in [6.07, 6.45) is 2.61. The summed E-state index contributed by atoms with van der Waals surface area (Å²) in [4.78, 5) is 30.9. The molecule has 6 heteroatoms. The molecule has 0 N–H and O–H groups in total. The summed E-state index contributed by atoms with van der Waals surface area (Å²) in [6, 6.07) is 9.22. The largest absolute Gasteiger partial charge is 0.497 e. The molecule has 2 heterocycles. The van der Waals surface area contributed by atoms with E-state index in [9.17, 15) is 9.59 Å². The molecule has 0 radical (unpaired) electrons. The molecule has 2 aromatic heterocycles. The molecule has 0 saturated heterocycles. The first-order valence-electron chi connectivity index (χ1n) is 7.73. The molecule has 0 saturated carbocycles. The summed E-state index contributed by atoms with van der Waals surface area (Å²) in [5.74, 6) is 0.718. The van der Waals surface area contributed by atoms with Crippen molar-refractivity contribution in [2.45, 2.75) is 26.3 Å². The average molecular weight is 342 g/mol. The second kappa shape index (κ2) is 6.97. The maximum absolute atomic E-state index is 12.5. The fraction of sp³-hybridized carbons (Fsp3) is 0.278. The van der Waals surface area contributed by atoms with Gasteiger partial charge in [0.15, 0.2) is 5.78 Å². The van der Waals surface area contributed by atoms with Gasteiger partial charge in [-0.05, 0) is 30.2 Å². The van der Waals surface area contributed by atoms with Gasteiger partial charge in [-0.25, -0.2) is 4.98 Å². The summed E-state index contributed by atoms with van der Waals surface area (Å²) in [6.45, 7) is 2.08. The van der Waals surface area contributed by atoms with E-state index in [1.165, 1.54) is 22.2 Å². The Bertz CT molecular complexity index is 926. The maximum atomic E-state index is 12.5. The molecule has 0 spiro atoms. The van der Waals surface area contributed by atoms with Crippen LogP contribution in [0.5, 0.6) is 5.75 Å². The van der Waals surface area contributed by atoms with Crippen molar-refractivity contribution in [2.24, 2.45) is 0 Å². The van der Waals surface area contributed by atoms with Gasteiger partial charge in [-0.15, -0.1) is 11.3 Å². The van der Waals surface area contributed by atoms with Crippen LogP contribution in [0, 0.1) is 0 Å². The summed E-state index contributed by atoms with van der Waals surface area (Å²) in [5, 5.41) is 0.594. The number of fused-ring (bicyclic) bond motifs is 1. The zero-order valence-electron chi connectivity index (χ0n) is 13.6. The van der Waals surface area contributed by atoms with Gasteiger partial charge >= 0.3 is 0 Å². The maximum Gasteiger partial charge on any atom is 0.262 e. The van der Waals surface area contributed by atoms with Crippen molar-refractivity contribution in [3.63, 3.8) is 0 Å². The molecular weight excluding hydrogens is 324 g/mol. The minimum absolute atomic E-state index is 0.0328. The number of hydrogen-bond acceptors (Lipinski definition) is 5. The Kier molecular flexibility index (Phi) is 4.76. The van der Waals surface area contributed by atoms with Crippen molar-refractivity contribution < 1.29 is 9.53 Å². The normalized spacial score (nSPS) is 10.9. The number of nitrogens with zero attached hydrogens (tertiary/aromatic N) is 2. The van der Waals surface area contributed by atoms with Gasteiger partial charge in [-0.1, -0.05) is 19.1 Å². The number of carbonyl (C=O) groups is 1. The van der Waals surface area contributed by atoms with E-state index in [0.717, 1.165) is 27.4 Å². The van der Waals surface area contributed by atoms with Crippen molar-refractivity contribution >= 4 is 27.3 Å². The van der Waals surface area contributed by atoms with Gasteiger partial charge in [0, 0.05) is 11.3 Å². The Morgan fingerprint density at radius 1 is 1.29 bits per heavy atom. The highest BCUT2D eigenvalue weighted by molar-refractivity contribution is 7.18. The van der Waals surface area contributed by atoms with Crippen molar-refractivity contribution in [3.8, 4) is 5.75 Å². The van der Waals surface area contributed by atoms with E-state index >= 15 is 0 Å². The number of methoxy groups -OCH3 is 1. The van der Waals surface area contributed by atoms with E-state index in [1.807, 2.05) is 37.3 Å². The smallest absolute Gasteiger partial charge is 0.262 e. The molecule has 0 amide bonds. The van der Waals surface area contributed by atoms with Gasteiger partial charge in [0.25, 0.3) is 5.56 Å². The molecule has 124 valence electrons. The average Bonchev–Trinajstić information content (AvgIpc) is 3.02. The van der Waals surface area contributed by atoms with Crippen LogP contribution in [0.4, 0.5) is 0 Å². The van der Waals surface area contributed by atoms with E-state index < -0.39 is 0 Å². The number of benzene rings is 1. The first-order valence-corrected chi connectivity index (χ1v) is 8.55. The van der Waals surface area contributed by atoms with Crippen LogP contribution >= 0.6 is 11.3 Å². The number of aromatic nitrogens is 2. The SMILES string of the molecule is CCc1cc2c(=O)n(CC(=O)Cc3ccc(OC)cc3)cnc2s1. The monoisotopic (exact) mass is 342 g/mol. The zero-order chi connectivity index (χ0) is 17.1. The molecule has 3 aromatic rings. The predicted molar refractivity (Wildman–Crippen MR) is 95.0 cm³/mol. The van der Waals surface area contributed by atoms with E-state index in [4.69, 9.17) is 4.74 Å². The summed E-state index contributed by atoms with van der Waals surface area (Å²) in [7, 11) is 1.60. The Morgan fingerprint density at radius 3 is 2.71 bits per heavy atom. The second-order valence-corrected chi connectivity index (χ2v) is 6.64. The topological polar surface area (TPSA) is 61.2 Å². The lowest BCUT2D eigenvalue weighted by atomic mass is 10.1. The molecule has 0 aliphatic carbocycles. The number of thiophene rings is 1. The number of rotatable bonds is 6. The van der Waals surface area contributed by atoms with Gasteiger partial charge in [-0.3, -0.25) is 14.2 Å². The standard InChI is InChI=1S/C18H18N2O3S/c1-3-15-9-16-17(24-15)19-11-20(18(16)22)10-13(21)8-12-4-6-14(23-2)7-5-12/h4-7,9,11H,3,8,10H2,1-2H3. The van der Waals surface area contributed by atoms with E-state index in [0.29, 0.717) is 5.39 Å². The number of ether oxygens (including phenoxy) is 1. The van der Waals surface area contributed by atoms with Crippen molar-refractivity contribution in [1.82, 2.24) is 9.55 Å². The molecule has 0 fully saturated rings. The quantitative estimate of drug-likeness (QED) is 0.691. The van der Waals surface area contributed by atoms with Gasteiger partial charge in [0.05, 0.1) is 25.4 Å².